The summed E-state index contributed by atoms with van der Waals surface area (Å²) in [5.41, 5.74) is 0.189. The second kappa shape index (κ2) is 4.98. The monoisotopic (exact) mass is 254 g/mol. The molecule has 0 bridgehead atoms. The van der Waals surface area contributed by atoms with Crippen molar-refractivity contribution in [2.45, 2.75) is 13.8 Å². The summed E-state index contributed by atoms with van der Waals surface area (Å²) in [4.78, 5) is 11.5. The van der Waals surface area contributed by atoms with Gasteiger partial charge in [-0.05, 0) is 31.0 Å². The number of aryl methyl sites for hydroxylation is 2. The van der Waals surface area contributed by atoms with Gasteiger partial charge in [0.1, 0.15) is 0 Å². The van der Waals surface area contributed by atoms with Gasteiger partial charge in [0.05, 0.1) is 0 Å². The number of hydrogen-bond acceptors (Lipinski definition) is 4. The first-order valence-electron chi connectivity index (χ1n) is 4.86. The van der Waals surface area contributed by atoms with Crippen molar-refractivity contribution in [3.05, 3.63) is 44.5 Å². The molecule has 0 saturated heterocycles. The molecule has 0 aliphatic rings. The molecule has 2 rings (SSSR count). The fourth-order valence-corrected chi connectivity index (χ4v) is 1.63. The van der Waals surface area contributed by atoms with Crippen molar-refractivity contribution in [1.82, 2.24) is 4.73 Å². The van der Waals surface area contributed by atoms with Gasteiger partial charge >= 0.3 is 40.8 Å². The molecule has 0 fully saturated rings. The van der Waals surface area contributed by atoms with E-state index in [0.717, 1.165) is 11.1 Å². The van der Waals surface area contributed by atoms with Crippen molar-refractivity contribution in [3.63, 3.8) is 0 Å². The van der Waals surface area contributed by atoms with Crippen LogP contribution in [0.3, 0.4) is 0 Å². The van der Waals surface area contributed by atoms with Crippen LogP contribution in [0.15, 0.2) is 16.9 Å². The Morgan fingerprint density at radius 2 is 1.94 bits per heavy atom. The quantitative estimate of drug-likeness (QED) is 0.241. The van der Waals surface area contributed by atoms with Crippen LogP contribution in [-0.4, -0.2) is 9.94 Å². The van der Waals surface area contributed by atoms with Crippen LogP contribution >= 0.6 is 0 Å². The van der Waals surface area contributed by atoms with E-state index < -0.39 is 11.3 Å². The van der Waals surface area contributed by atoms with Crippen molar-refractivity contribution in [3.8, 4) is 6.07 Å². The third-order valence-corrected chi connectivity index (χ3v) is 2.74. The third-order valence-electron chi connectivity index (χ3n) is 2.74. The average Bonchev–Trinajstić information content (AvgIpc) is 2.30. The van der Waals surface area contributed by atoms with Gasteiger partial charge in [0.2, 0.25) is 5.52 Å². The summed E-state index contributed by atoms with van der Waals surface area (Å²) in [6.45, 7) is 3.60. The topological polar surface area (TPSA) is 93.0 Å². The van der Waals surface area contributed by atoms with Crippen molar-refractivity contribution in [2.75, 3.05) is 0 Å². The smallest absolute Gasteiger partial charge is 0.617 e. The van der Waals surface area contributed by atoms with E-state index >= 15 is 0 Å². The van der Waals surface area contributed by atoms with Crippen LogP contribution < -0.4 is 39.8 Å². The first-order chi connectivity index (χ1) is 7.97. The van der Waals surface area contributed by atoms with E-state index in [9.17, 15) is 15.2 Å². The molecule has 7 heteroatoms. The number of rotatable bonds is 0. The average molecular weight is 254 g/mol. The molecule has 0 atom stereocenters. The largest absolute Gasteiger partial charge is 1.00 e. The molecule has 1 aromatic carbocycles. The molecule has 1 heterocycles. The van der Waals surface area contributed by atoms with E-state index in [4.69, 9.17) is 5.26 Å². The number of nitriles is 1. The second-order valence-corrected chi connectivity index (χ2v) is 3.80. The minimum Gasteiger partial charge on any atom is -0.617 e. The van der Waals surface area contributed by atoms with Crippen molar-refractivity contribution >= 4 is 11.0 Å². The molecule has 86 valence electrons. The fourth-order valence-electron chi connectivity index (χ4n) is 1.63. The van der Waals surface area contributed by atoms with Crippen LogP contribution in [0.2, 0.25) is 0 Å². The molecule has 18 heavy (non-hydrogen) atoms. The first-order valence-corrected chi connectivity index (χ1v) is 4.86. The summed E-state index contributed by atoms with van der Waals surface area (Å²) in [7, 11) is 0. The Balaban J connectivity index is 0.00000162. The maximum atomic E-state index is 11.8. The Morgan fingerprint density at radius 1 is 1.39 bits per heavy atom. The maximum absolute atomic E-state index is 11.8. The Labute approximate surface area is 125 Å². The van der Waals surface area contributed by atoms with Gasteiger partial charge in [-0.25, -0.2) is 0 Å². The van der Waals surface area contributed by atoms with E-state index in [-0.39, 0.29) is 45.3 Å². The SMILES string of the molecule is Cc1cc2c(cc1C)[n+]([O-])c(C#N)c(=O)n2O.[Na+]. The summed E-state index contributed by atoms with van der Waals surface area (Å²) >= 11 is 0. The molecule has 2 aromatic rings. The molecule has 0 amide bonds. The maximum Gasteiger partial charge on any atom is 1.00 e. The summed E-state index contributed by atoms with van der Waals surface area (Å²) in [5, 5.41) is 30.1. The minimum absolute atomic E-state index is 0. The summed E-state index contributed by atoms with van der Waals surface area (Å²) in [5.74, 6) is 0. The number of benzene rings is 1. The Morgan fingerprint density at radius 3 is 2.50 bits per heavy atom. The van der Waals surface area contributed by atoms with E-state index in [1.807, 2.05) is 0 Å². The number of fused-ring (bicyclic) bond motifs is 1. The molecule has 1 aromatic heterocycles. The summed E-state index contributed by atoms with van der Waals surface area (Å²) in [6, 6.07) is 4.55. The van der Waals surface area contributed by atoms with E-state index in [1.165, 1.54) is 18.2 Å². The predicted octanol–water partition coefficient (Wildman–Crippen LogP) is -2.64. The molecule has 0 radical (unpaired) electrons. The minimum atomic E-state index is -1.02. The van der Waals surface area contributed by atoms with Crippen LogP contribution in [0.25, 0.3) is 11.0 Å². The second-order valence-electron chi connectivity index (χ2n) is 3.80. The molecular weight excluding hydrogens is 245 g/mol. The number of aromatic nitrogens is 2. The summed E-state index contributed by atoms with van der Waals surface area (Å²) in [6.07, 6.45) is 0. The van der Waals surface area contributed by atoms with Crippen molar-refractivity contribution in [1.29, 1.82) is 5.26 Å². The van der Waals surface area contributed by atoms with Crippen LogP contribution in [0.5, 0.6) is 0 Å². The van der Waals surface area contributed by atoms with E-state index in [2.05, 4.69) is 0 Å². The Hall–Kier alpha value is -1.55. The molecular formula is C11H9N3NaO3+. The zero-order chi connectivity index (χ0) is 12.7. The van der Waals surface area contributed by atoms with Crippen LogP contribution in [-0.2, 0) is 0 Å². The molecule has 0 aliphatic carbocycles. The Kier molecular flexibility index (Phi) is 4.02. The van der Waals surface area contributed by atoms with Gasteiger partial charge in [-0.2, -0.15) is 5.26 Å². The molecule has 1 N–H and O–H groups in total. The van der Waals surface area contributed by atoms with Gasteiger partial charge < -0.3 is 10.4 Å². The molecule has 0 aliphatic heterocycles. The number of hydrogen-bond donors (Lipinski definition) is 1. The van der Waals surface area contributed by atoms with Gasteiger partial charge in [-0.3, -0.25) is 4.79 Å². The zero-order valence-corrected chi connectivity index (χ0v) is 12.3. The predicted molar refractivity (Wildman–Crippen MR) is 58.5 cm³/mol. The first kappa shape index (κ1) is 14.5. The molecule has 0 saturated carbocycles. The van der Waals surface area contributed by atoms with Gasteiger partial charge in [0, 0.05) is 6.07 Å². The van der Waals surface area contributed by atoms with Crippen molar-refractivity contribution < 1.29 is 39.5 Å². The third kappa shape index (κ3) is 1.97. The van der Waals surface area contributed by atoms with Gasteiger partial charge in [0.25, 0.3) is 0 Å². The number of nitrogens with zero attached hydrogens (tertiary/aromatic N) is 3. The molecule has 0 spiro atoms. The van der Waals surface area contributed by atoms with Crippen LogP contribution in [0, 0.1) is 30.4 Å². The van der Waals surface area contributed by atoms with Crippen molar-refractivity contribution in [2.24, 2.45) is 0 Å². The van der Waals surface area contributed by atoms with E-state index in [1.54, 1.807) is 13.8 Å². The fraction of sp³-hybridized carbons (Fsp3) is 0.182. The normalized spacial score (nSPS) is 9.83. The molecule has 0 unspecified atom stereocenters. The van der Waals surface area contributed by atoms with Crippen LogP contribution in [0.4, 0.5) is 0 Å². The van der Waals surface area contributed by atoms with E-state index in [0.29, 0.717) is 4.73 Å². The molecule has 6 nitrogen and oxygen atoms in total. The van der Waals surface area contributed by atoms with Gasteiger partial charge in [-0.1, -0.05) is 0 Å². The van der Waals surface area contributed by atoms with Gasteiger partial charge in [-0.15, -0.1) is 9.46 Å². The standard InChI is InChI=1S/C11H9N3O3.Na/c1-6-3-8-9(4-7(6)2)14(17)11(15)10(5-12)13(8)16;/h3-4,17H,1-2H3;/q;+1. The summed E-state index contributed by atoms with van der Waals surface area (Å²) < 4.78 is 0.575. The Bertz CT molecular complexity index is 731. The zero-order valence-electron chi connectivity index (χ0n) is 10.3. The van der Waals surface area contributed by atoms with Gasteiger partial charge in [0.15, 0.2) is 11.6 Å². The van der Waals surface area contributed by atoms with Crippen LogP contribution in [0.1, 0.15) is 16.8 Å².